The molecule has 2 aromatic heterocycles. The number of fused-ring (bicyclic) bond motifs is 2. The number of β-amino-alcohol motifs (C(OH)–C–C–N with tert-alkyl or cyclic N) is 1. The third-order valence-electron chi connectivity index (χ3n) is 6.37. The highest BCUT2D eigenvalue weighted by Gasteiger charge is 2.30. The van der Waals surface area contributed by atoms with Crippen LogP contribution >= 0.6 is 0 Å². The maximum atomic E-state index is 13.3. The van der Waals surface area contributed by atoms with Gasteiger partial charge in [-0.15, -0.1) is 0 Å². The predicted octanol–water partition coefficient (Wildman–Crippen LogP) is 2.30. The highest BCUT2D eigenvalue weighted by Crippen LogP contribution is 2.29. The molecule has 0 radical (unpaired) electrons. The third kappa shape index (κ3) is 4.31. The zero-order chi connectivity index (χ0) is 26.4. The van der Waals surface area contributed by atoms with E-state index in [1.54, 1.807) is 12.1 Å². The summed E-state index contributed by atoms with van der Waals surface area (Å²) in [5.41, 5.74) is 2.18. The van der Waals surface area contributed by atoms with E-state index < -0.39 is 23.5 Å². The quantitative estimate of drug-likeness (QED) is 0.394. The summed E-state index contributed by atoms with van der Waals surface area (Å²) >= 11 is 0. The lowest BCUT2D eigenvalue weighted by atomic mass is 10.0. The van der Waals surface area contributed by atoms with Crippen LogP contribution < -0.4 is 10.9 Å². The van der Waals surface area contributed by atoms with Crippen LogP contribution in [0.4, 0.5) is 0 Å². The summed E-state index contributed by atoms with van der Waals surface area (Å²) in [5.74, 6) is -1.26. The Balaban J connectivity index is 1.43. The van der Waals surface area contributed by atoms with E-state index in [4.69, 9.17) is 0 Å². The van der Waals surface area contributed by atoms with Crippen LogP contribution in [0.15, 0.2) is 72.6 Å². The van der Waals surface area contributed by atoms with Crippen molar-refractivity contribution in [1.82, 2.24) is 29.5 Å². The second-order valence-corrected chi connectivity index (χ2v) is 9.34. The Kier molecular flexibility index (Phi) is 5.96. The van der Waals surface area contributed by atoms with Gasteiger partial charge in [-0.25, -0.2) is 4.98 Å². The van der Waals surface area contributed by atoms with Crippen molar-refractivity contribution < 1.29 is 14.7 Å². The minimum atomic E-state index is -0.758. The molecule has 1 aliphatic heterocycles. The van der Waals surface area contributed by atoms with Crippen molar-refractivity contribution in [3.63, 3.8) is 0 Å². The molecule has 1 fully saturated rings. The fourth-order valence-electron chi connectivity index (χ4n) is 4.24. The summed E-state index contributed by atoms with van der Waals surface area (Å²) in [4.78, 5) is 44.1. The fourth-order valence-corrected chi connectivity index (χ4v) is 4.24. The molecule has 3 heterocycles. The van der Waals surface area contributed by atoms with E-state index in [0.29, 0.717) is 10.9 Å². The molecule has 0 saturated carbocycles. The zero-order valence-corrected chi connectivity index (χ0v) is 20.5. The van der Waals surface area contributed by atoms with Gasteiger partial charge >= 0.3 is 0 Å². The number of aliphatic hydroxyl groups excluding tert-OH is 1. The number of nitrogens with one attached hydrogen (secondary N) is 1. The standard InChI is InChI=1S/C27H26N6O4/c1-15(2)33-11-19-10-18(8-9-23(19)30-33)21-6-5-7-22-24(21)28-14-32(27(22)37)17(4)25(35)29-16(3)26(36)31-12-20(34)13-31/h5-11,14-15,20,34H,3-4,12-13H2,1-2H3,(H,29,35). The second kappa shape index (κ2) is 9.14. The van der Waals surface area contributed by atoms with Crippen molar-refractivity contribution in [2.45, 2.75) is 26.0 Å². The number of aliphatic hydroxyl groups is 1. The second-order valence-electron chi connectivity index (χ2n) is 9.34. The van der Waals surface area contributed by atoms with Crippen molar-refractivity contribution >= 4 is 39.3 Å². The van der Waals surface area contributed by atoms with Crippen molar-refractivity contribution in [1.29, 1.82) is 0 Å². The van der Waals surface area contributed by atoms with Gasteiger partial charge in [0.15, 0.2) is 0 Å². The molecular formula is C27H26N6O4. The molecule has 0 unspecified atom stereocenters. The normalized spacial score (nSPS) is 13.7. The van der Waals surface area contributed by atoms with Gasteiger partial charge in [-0.1, -0.05) is 31.4 Å². The Hall–Kier alpha value is -4.57. The largest absolute Gasteiger partial charge is 0.389 e. The van der Waals surface area contributed by atoms with Crippen LogP contribution in [0.1, 0.15) is 19.9 Å². The van der Waals surface area contributed by atoms with Gasteiger partial charge in [-0.3, -0.25) is 23.6 Å². The third-order valence-corrected chi connectivity index (χ3v) is 6.37. The first-order chi connectivity index (χ1) is 17.6. The molecular weight excluding hydrogens is 472 g/mol. The van der Waals surface area contributed by atoms with Crippen LogP contribution in [0.5, 0.6) is 0 Å². The number of aromatic nitrogens is 4. The summed E-state index contributed by atoms with van der Waals surface area (Å²) in [7, 11) is 0. The maximum Gasteiger partial charge on any atom is 0.272 e. The summed E-state index contributed by atoms with van der Waals surface area (Å²) in [6, 6.07) is 11.4. The van der Waals surface area contributed by atoms with Gasteiger partial charge in [0.1, 0.15) is 12.0 Å². The number of hydrogen-bond acceptors (Lipinski definition) is 6. The van der Waals surface area contributed by atoms with Crippen LogP contribution in [0.3, 0.4) is 0 Å². The van der Waals surface area contributed by atoms with Crippen molar-refractivity contribution in [3.05, 3.63) is 78.1 Å². The van der Waals surface area contributed by atoms with E-state index in [0.717, 1.165) is 26.6 Å². The van der Waals surface area contributed by atoms with Gasteiger partial charge in [0.25, 0.3) is 17.4 Å². The van der Waals surface area contributed by atoms with E-state index in [9.17, 15) is 19.5 Å². The topological polar surface area (TPSA) is 122 Å². The molecule has 2 N–H and O–H groups in total. The molecule has 4 aromatic rings. The highest BCUT2D eigenvalue weighted by atomic mass is 16.3. The van der Waals surface area contributed by atoms with Gasteiger partial charge in [0.2, 0.25) is 0 Å². The molecule has 5 rings (SSSR count). The Morgan fingerprint density at radius 2 is 1.92 bits per heavy atom. The van der Waals surface area contributed by atoms with E-state index in [1.807, 2.05) is 35.1 Å². The molecule has 0 bridgehead atoms. The molecule has 10 nitrogen and oxygen atoms in total. The Bertz CT molecular complexity index is 1660. The van der Waals surface area contributed by atoms with Crippen LogP contribution in [-0.2, 0) is 9.59 Å². The zero-order valence-electron chi connectivity index (χ0n) is 20.5. The molecule has 1 saturated heterocycles. The molecule has 0 aliphatic carbocycles. The average molecular weight is 499 g/mol. The molecule has 188 valence electrons. The first-order valence-electron chi connectivity index (χ1n) is 11.8. The maximum absolute atomic E-state index is 13.3. The number of carbonyl (C=O) groups is 2. The van der Waals surface area contributed by atoms with Gasteiger partial charge < -0.3 is 15.3 Å². The molecule has 10 heteroatoms. The van der Waals surface area contributed by atoms with Gasteiger partial charge in [0, 0.05) is 36.3 Å². The molecule has 2 aromatic carbocycles. The number of benzene rings is 2. The predicted molar refractivity (Wildman–Crippen MR) is 140 cm³/mol. The first-order valence-corrected chi connectivity index (χ1v) is 11.8. The summed E-state index contributed by atoms with van der Waals surface area (Å²) in [6.07, 6.45) is 2.66. The molecule has 37 heavy (non-hydrogen) atoms. The van der Waals surface area contributed by atoms with Crippen molar-refractivity contribution in [2.24, 2.45) is 0 Å². The summed E-state index contributed by atoms with van der Waals surface area (Å²) in [6.45, 7) is 11.8. The van der Waals surface area contributed by atoms with Crippen molar-refractivity contribution in [2.75, 3.05) is 13.1 Å². The number of amides is 2. The van der Waals surface area contributed by atoms with Crippen LogP contribution in [-0.4, -0.2) is 60.3 Å². The Morgan fingerprint density at radius 3 is 2.62 bits per heavy atom. The van der Waals surface area contributed by atoms with Crippen LogP contribution in [0.25, 0.3) is 38.6 Å². The van der Waals surface area contributed by atoms with Crippen LogP contribution in [0.2, 0.25) is 0 Å². The molecule has 1 aliphatic rings. The minimum Gasteiger partial charge on any atom is -0.389 e. The lowest BCUT2D eigenvalue weighted by Crippen LogP contribution is -2.55. The van der Waals surface area contributed by atoms with Gasteiger partial charge in [0.05, 0.1) is 28.2 Å². The Labute approximate surface area is 212 Å². The lowest BCUT2D eigenvalue weighted by molar-refractivity contribution is -0.138. The SMILES string of the molecule is C=C(NC(=O)C(=C)n1cnc2c(-c3ccc4nn(C(C)C)cc4c3)cccc2c1=O)C(=O)N1CC(O)C1. The molecule has 0 atom stereocenters. The highest BCUT2D eigenvalue weighted by molar-refractivity contribution is 6.15. The number of likely N-dealkylation sites (tertiary alicyclic amines) is 1. The number of hydrogen-bond donors (Lipinski definition) is 2. The Morgan fingerprint density at radius 1 is 1.16 bits per heavy atom. The lowest BCUT2D eigenvalue weighted by Gasteiger charge is -2.36. The summed E-state index contributed by atoms with van der Waals surface area (Å²) in [5, 5.41) is 17.6. The number of nitrogens with zero attached hydrogens (tertiary/aromatic N) is 5. The minimum absolute atomic E-state index is 0.168. The monoisotopic (exact) mass is 498 g/mol. The van der Waals surface area contributed by atoms with E-state index in [2.05, 4.69) is 42.4 Å². The van der Waals surface area contributed by atoms with Crippen LogP contribution in [0, 0.1) is 0 Å². The molecule has 0 spiro atoms. The summed E-state index contributed by atoms with van der Waals surface area (Å²) < 4.78 is 2.95. The number of carbonyl (C=O) groups excluding carboxylic acids is 2. The smallest absolute Gasteiger partial charge is 0.272 e. The van der Waals surface area contributed by atoms with E-state index in [1.165, 1.54) is 11.2 Å². The number of rotatable bonds is 6. The van der Waals surface area contributed by atoms with Gasteiger partial charge in [-0.05, 0) is 37.6 Å². The van der Waals surface area contributed by atoms with Gasteiger partial charge in [-0.2, -0.15) is 5.10 Å². The fraction of sp³-hybridized carbons (Fsp3) is 0.222. The van der Waals surface area contributed by atoms with Crippen molar-refractivity contribution in [3.8, 4) is 11.1 Å². The van der Waals surface area contributed by atoms with E-state index in [-0.39, 0.29) is 30.5 Å². The first kappa shape index (κ1) is 24.1. The van der Waals surface area contributed by atoms with E-state index >= 15 is 0 Å². The average Bonchev–Trinajstić information content (AvgIpc) is 3.30. The molecule has 2 amide bonds. The number of para-hydroxylation sites is 1.